The molecule has 3 saturated heterocycles. The Kier molecular flexibility index (Phi) is 8.80. The summed E-state index contributed by atoms with van der Waals surface area (Å²) >= 11 is 0. The summed E-state index contributed by atoms with van der Waals surface area (Å²) in [5.74, 6) is 1.74. The first-order chi connectivity index (χ1) is 22.4. The molecule has 4 aliphatic rings. The van der Waals surface area contributed by atoms with Crippen molar-refractivity contribution < 1.29 is 32.2 Å². The zero-order valence-corrected chi connectivity index (χ0v) is 30.1. The molecule has 0 radical (unpaired) electrons. The fraction of sp³-hybridized carbons (Fsp3) is 0.647. The molecule has 1 aromatic heterocycles. The van der Waals surface area contributed by atoms with Crippen molar-refractivity contribution >= 4 is 39.3 Å². The van der Waals surface area contributed by atoms with Gasteiger partial charge < -0.3 is 24.0 Å². The third-order valence-electron chi connectivity index (χ3n) is 9.21. The number of amides is 2. The molecule has 2 amide bonds. The van der Waals surface area contributed by atoms with Gasteiger partial charge in [-0.1, -0.05) is 6.07 Å². The Morgan fingerprint density at radius 2 is 1.52 bits per heavy atom. The van der Waals surface area contributed by atoms with Crippen molar-refractivity contribution in [2.24, 2.45) is 0 Å². The average Bonchev–Trinajstić information content (AvgIpc) is 3.37. The molecule has 0 bridgehead atoms. The number of ether oxygens (including phenoxy) is 3. The number of fused-ring (bicyclic) bond motifs is 2. The van der Waals surface area contributed by atoms with Crippen LogP contribution in [-0.2, 0) is 19.3 Å². The molecule has 0 N–H and O–H groups in total. The van der Waals surface area contributed by atoms with E-state index in [1.54, 1.807) is 4.90 Å². The topological polar surface area (TPSA) is 135 Å². The van der Waals surface area contributed by atoms with E-state index >= 15 is 0 Å². The molecule has 48 heavy (non-hydrogen) atoms. The third-order valence-corrected chi connectivity index (χ3v) is 10.8. The van der Waals surface area contributed by atoms with E-state index in [4.69, 9.17) is 14.2 Å². The van der Waals surface area contributed by atoms with Crippen LogP contribution in [0.15, 0.2) is 18.5 Å². The molecule has 0 unspecified atom stereocenters. The van der Waals surface area contributed by atoms with Crippen LogP contribution in [0.2, 0.25) is 0 Å². The van der Waals surface area contributed by atoms with Gasteiger partial charge in [-0.05, 0) is 79.0 Å². The molecule has 13 nitrogen and oxygen atoms in total. The van der Waals surface area contributed by atoms with Gasteiger partial charge >= 0.3 is 12.2 Å². The smallest absolute Gasteiger partial charge is 0.420 e. The van der Waals surface area contributed by atoms with Crippen molar-refractivity contribution in [1.29, 1.82) is 0 Å². The van der Waals surface area contributed by atoms with Gasteiger partial charge in [0.2, 0.25) is 0 Å². The number of hydrogen-bond donors (Lipinski definition) is 0. The second-order valence-electron chi connectivity index (χ2n) is 15.4. The van der Waals surface area contributed by atoms with Gasteiger partial charge in [-0.2, -0.15) is 0 Å². The van der Waals surface area contributed by atoms with E-state index in [9.17, 15) is 18.0 Å². The van der Waals surface area contributed by atoms with E-state index < -0.39 is 33.2 Å². The van der Waals surface area contributed by atoms with Gasteiger partial charge in [0, 0.05) is 51.2 Å². The summed E-state index contributed by atoms with van der Waals surface area (Å²) in [5, 5.41) is 0. The van der Waals surface area contributed by atoms with Crippen molar-refractivity contribution in [3.05, 3.63) is 35.2 Å². The Hall–Kier alpha value is -3.65. The van der Waals surface area contributed by atoms with Crippen LogP contribution in [0.25, 0.3) is 0 Å². The van der Waals surface area contributed by atoms with Crippen LogP contribution in [0.5, 0.6) is 5.75 Å². The maximum atomic E-state index is 14.1. The molecule has 6 rings (SSSR count). The van der Waals surface area contributed by atoms with Gasteiger partial charge in [-0.25, -0.2) is 32.9 Å². The number of sulfone groups is 1. The Balaban J connectivity index is 1.30. The average molecular weight is 685 g/mol. The van der Waals surface area contributed by atoms with Crippen molar-refractivity contribution in [3.8, 4) is 5.75 Å². The van der Waals surface area contributed by atoms with E-state index in [0.29, 0.717) is 41.7 Å². The van der Waals surface area contributed by atoms with Crippen LogP contribution >= 0.6 is 0 Å². The first-order valence-electron chi connectivity index (χ1n) is 16.8. The molecule has 262 valence electrons. The highest BCUT2D eigenvalue weighted by Crippen LogP contribution is 2.49. The molecule has 2 aromatic rings. The SMILES string of the molecule is Cc1cc(C2CN([C@@H]3CCN(C(=O)OC(C)(C)C)C3)C2)cc2c1O[C@H](C)c1c(N3CCS(=O)(=O)CC3)ncnc1N2C(=O)OC(C)(C)C. The van der Waals surface area contributed by atoms with Crippen LogP contribution in [0.4, 0.5) is 26.9 Å². The largest absolute Gasteiger partial charge is 0.483 e. The van der Waals surface area contributed by atoms with Crippen LogP contribution in [0.3, 0.4) is 0 Å². The van der Waals surface area contributed by atoms with Crippen LogP contribution in [0, 0.1) is 6.92 Å². The van der Waals surface area contributed by atoms with Crippen molar-refractivity contribution in [2.45, 2.75) is 91.1 Å². The number of aromatic nitrogens is 2. The second-order valence-corrected chi connectivity index (χ2v) is 17.7. The molecule has 3 fully saturated rings. The van der Waals surface area contributed by atoms with Crippen molar-refractivity contribution in [2.75, 3.05) is 60.6 Å². The zero-order chi connectivity index (χ0) is 34.8. The predicted octanol–water partition coefficient (Wildman–Crippen LogP) is 4.96. The molecular formula is C34H48N6O7S. The summed E-state index contributed by atoms with van der Waals surface area (Å²) in [6, 6.07) is 4.40. The summed E-state index contributed by atoms with van der Waals surface area (Å²) in [7, 11) is -3.12. The maximum Gasteiger partial charge on any atom is 0.420 e. The number of benzene rings is 1. The quantitative estimate of drug-likeness (QED) is 0.435. The second kappa shape index (κ2) is 12.3. The van der Waals surface area contributed by atoms with Crippen LogP contribution in [-0.4, -0.2) is 108 Å². The summed E-state index contributed by atoms with van der Waals surface area (Å²) in [6.07, 6.45) is 0.912. The zero-order valence-electron chi connectivity index (χ0n) is 29.3. The minimum absolute atomic E-state index is 0.0256. The summed E-state index contributed by atoms with van der Waals surface area (Å²) in [4.78, 5) is 43.6. The molecule has 5 heterocycles. The Morgan fingerprint density at radius 1 is 0.896 bits per heavy atom. The number of hydrogen-bond acceptors (Lipinski definition) is 11. The summed E-state index contributed by atoms with van der Waals surface area (Å²) < 4.78 is 42.6. The monoisotopic (exact) mass is 684 g/mol. The molecule has 0 saturated carbocycles. The number of aryl methyl sites for hydroxylation is 1. The highest BCUT2D eigenvalue weighted by molar-refractivity contribution is 7.91. The number of anilines is 3. The highest BCUT2D eigenvalue weighted by atomic mass is 32.2. The molecule has 1 aromatic carbocycles. The summed E-state index contributed by atoms with van der Waals surface area (Å²) in [6.45, 7) is 18.5. The van der Waals surface area contributed by atoms with Gasteiger partial charge in [0.1, 0.15) is 35.2 Å². The maximum absolute atomic E-state index is 14.1. The van der Waals surface area contributed by atoms with Gasteiger partial charge in [0.25, 0.3) is 0 Å². The number of rotatable bonds is 3. The van der Waals surface area contributed by atoms with E-state index in [1.165, 1.54) is 11.2 Å². The fourth-order valence-electron chi connectivity index (χ4n) is 6.83. The molecule has 0 aliphatic carbocycles. The van der Waals surface area contributed by atoms with E-state index in [2.05, 4.69) is 20.9 Å². The minimum Gasteiger partial charge on any atom is -0.483 e. The third kappa shape index (κ3) is 7.05. The molecule has 0 spiro atoms. The first kappa shape index (κ1) is 34.2. The lowest BCUT2D eigenvalue weighted by atomic mass is 9.88. The van der Waals surface area contributed by atoms with E-state index in [-0.39, 0.29) is 42.6 Å². The molecule has 14 heteroatoms. The minimum atomic E-state index is -3.12. The Bertz CT molecular complexity index is 1680. The fourth-order valence-corrected chi connectivity index (χ4v) is 8.03. The lowest BCUT2D eigenvalue weighted by molar-refractivity contribution is 0.0260. The standard InChI is InChI=1S/C34H48N6O7S/c1-21-15-23(24-17-39(18-24)25-9-10-38(19-25)31(41)46-33(3,4)5)16-26-28(21)45-22(2)27-29(37-11-13-48(43,44)14-12-37)35-20-36-30(27)40(26)32(42)47-34(6,7)8/h15-16,20,22,24-25H,9-14,17-19H2,1-8H3/t22-,25-/m1/s1. The number of nitrogens with zero attached hydrogens (tertiary/aromatic N) is 6. The van der Waals surface area contributed by atoms with Gasteiger partial charge in [0.05, 0.1) is 22.8 Å². The van der Waals surface area contributed by atoms with Gasteiger partial charge in [0.15, 0.2) is 15.7 Å². The summed E-state index contributed by atoms with van der Waals surface area (Å²) in [5.41, 5.74) is 1.80. The van der Waals surface area contributed by atoms with Crippen LogP contribution < -0.4 is 14.5 Å². The lowest BCUT2D eigenvalue weighted by Crippen LogP contribution is -2.52. The number of carbonyl (C=O) groups is 2. The van der Waals surface area contributed by atoms with Crippen LogP contribution in [0.1, 0.15) is 83.6 Å². The Morgan fingerprint density at radius 3 is 2.17 bits per heavy atom. The highest BCUT2D eigenvalue weighted by Gasteiger charge is 2.42. The Labute approximate surface area is 283 Å². The first-order valence-corrected chi connectivity index (χ1v) is 18.6. The van der Waals surface area contributed by atoms with Gasteiger partial charge in [-0.15, -0.1) is 0 Å². The number of carbonyl (C=O) groups excluding carboxylic acids is 2. The van der Waals surface area contributed by atoms with Crippen molar-refractivity contribution in [3.63, 3.8) is 0 Å². The predicted molar refractivity (Wildman–Crippen MR) is 182 cm³/mol. The molecule has 2 atom stereocenters. The van der Waals surface area contributed by atoms with Crippen molar-refractivity contribution in [1.82, 2.24) is 19.8 Å². The normalized spacial score (nSPS) is 23.0. The number of likely N-dealkylation sites (tertiary alicyclic amines) is 2. The lowest BCUT2D eigenvalue weighted by Gasteiger charge is -2.43. The van der Waals surface area contributed by atoms with E-state index in [0.717, 1.165) is 30.6 Å². The molecular weight excluding hydrogens is 636 g/mol. The van der Waals surface area contributed by atoms with Gasteiger partial charge in [-0.3, -0.25) is 4.90 Å². The van der Waals surface area contributed by atoms with E-state index in [1.807, 2.05) is 66.4 Å². The molecule has 4 aliphatic heterocycles.